The highest BCUT2D eigenvalue weighted by atomic mass is 32.3. The minimum absolute atomic E-state index is 0.0243. The third-order valence-corrected chi connectivity index (χ3v) is 4.62. The summed E-state index contributed by atoms with van der Waals surface area (Å²) >= 11 is 0. The van der Waals surface area contributed by atoms with E-state index in [1.54, 1.807) is 24.3 Å². The highest BCUT2D eigenvalue weighted by Crippen LogP contribution is 2.27. The maximum Gasteiger partial charge on any atom is 0.449 e. The van der Waals surface area contributed by atoms with Crippen LogP contribution in [0.4, 0.5) is 0 Å². The summed E-state index contributed by atoms with van der Waals surface area (Å²) < 4.78 is 38.2. The number of aromatic amines is 1. The number of para-hydroxylation sites is 1. The molecule has 1 aliphatic rings. The number of aliphatic hydroxyl groups is 4. The Morgan fingerprint density at radius 2 is 1.80 bits per heavy atom. The number of ether oxygens (including phenoxy) is 1. The van der Waals surface area contributed by atoms with Crippen molar-refractivity contribution in [1.82, 2.24) is 4.98 Å². The first-order valence-electron chi connectivity index (χ1n) is 7.31. The summed E-state index contributed by atoms with van der Waals surface area (Å²) in [6.07, 6.45) is -6.90. The van der Waals surface area contributed by atoms with Crippen molar-refractivity contribution in [3.63, 3.8) is 0 Å². The lowest BCUT2D eigenvalue weighted by Crippen LogP contribution is -2.58. The smallest absolute Gasteiger partial charge is 0.387 e. The van der Waals surface area contributed by atoms with E-state index in [1.807, 2.05) is 0 Å². The standard InChI is InChI=1S/C14H17NO9S/c16-11-10(23-14(19)13(18)12(11)17)6-22-25(20,21)24-9-5-15-8-4-2-1-3-7(8)9/h1-5,10-19H,6H2/t10-,11+,12+,13-,14-/m1/s1. The summed E-state index contributed by atoms with van der Waals surface area (Å²) in [5, 5.41) is 38.6. The first kappa shape index (κ1) is 18.1. The zero-order chi connectivity index (χ0) is 18.2. The number of aliphatic hydroxyl groups excluding tert-OH is 4. The van der Waals surface area contributed by atoms with Crippen molar-refractivity contribution in [2.75, 3.05) is 6.61 Å². The topological polar surface area (TPSA) is 159 Å². The van der Waals surface area contributed by atoms with Crippen molar-refractivity contribution in [3.8, 4) is 5.75 Å². The lowest BCUT2D eigenvalue weighted by molar-refractivity contribution is -0.285. The fraction of sp³-hybridized carbons (Fsp3) is 0.429. The van der Waals surface area contributed by atoms with Gasteiger partial charge in [0.25, 0.3) is 0 Å². The van der Waals surface area contributed by atoms with Crippen LogP contribution in [0.3, 0.4) is 0 Å². The molecule has 3 rings (SSSR count). The molecule has 0 saturated carbocycles. The molecule has 0 bridgehead atoms. The van der Waals surface area contributed by atoms with E-state index in [0.717, 1.165) is 0 Å². The Balaban J connectivity index is 1.66. The highest BCUT2D eigenvalue weighted by molar-refractivity contribution is 7.82. The largest absolute Gasteiger partial charge is 0.449 e. The number of hydrogen-bond acceptors (Lipinski definition) is 9. The van der Waals surface area contributed by atoms with Gasteiger partial charge in [0.05, 0.1) is 6.61 Å². The van der Waals surface area contributed by atoms with Crippen LogP contribution in [0.5, 0.6) is 5.75 Å². The van der Waals surface area contributed by atoms with Crippen LogP contribution in [0.2, 0.25) is 0 Å². The second-order valence-electron chi connectivity index (χ2n) is 5.51. The lowest BCUT2D eigenvalue weighted by Gasteiger charge is -2.37. The SMILES string of the molecule is O=S(=O)(OC[C@H]1O[C@@H](O)[C@H](O)[C@@H](O)[C@H]1O)Oc1c[nH]c2ccccc12. The predicted molar refractivity (Wildman–Crippen MR) is 82.7 cm³/mol. The Morgan fingerprint density at radius 3 is 2.56 bits per heavy atom. The molecule has 5 N–H and O–H groups in total. The van der Waals surface area contributed by atoms with Crippen molar-refractivity contribution in [2.24, 2.45) is 0 Å². The van der Waals surface area contributed by atoms with Crippen molar-refractivity contribution in [1.29, 1.82) is 0 Å². The van der Waals surface area contributed by atoms with E-state index < -0.39 is 47.7 Å². The number of nitrogens with one attached hydrogen (secondary N) is 1. The molecule has 138 valence electrons. The molecular formula is C14H17NO9S. The Bertz CT molecular complexity index is 836. The first-order chi connectivity index (χ1) is 11.8. The molecule has 1 aromatic carbocycles. The zero-order valence-corrected chi connectivity index (χ0v) is 13.5. The Hall–Kier alpha value is -1.73. The fourth-order valence-electron chi connectivity index (χ4n) is 2.47. The Kier molecular flexibility index (Phi) is 4.97. The molecule has 5 atom stereocenters. The molecule has 10 nitrogen and oxygen atoms in total. The van der Waals surface area contributed by atoms with E-state index in [-0.39, 0.29) is 5.75 Å². The van der Waals surface area contributed by atoms with Crippen LogP contribution in [0.15, 0.2) is 30.5 Å². The van der Waals surface area contributed by atoms with Crippen molar-refractivity contribution < 1.29 is 41.9 Å². The fourth-order valence-corrected chi connectivity index (χ4v) is 3.17. The second-order valence-corrected chi connectivity index (χ2v) is 6.73. The van der Waals surface area contributed by atoms with E-state index in [9.17, 15) is 28.8 Å². The summed E-state index contributed by atoms with van der Waals surface area (Å²) in [7, 11) is -4.50. The molecule has 0 unspecified atom stereocenters. The number of fused-ring (bicyclic) bond motifs is 1. The molecule has 1 aromatic heterocycles. The maximum atomic E-state index is 11.9. The number of rotatable bonds is 5. The van der Waals surface area contributed by atoms with Crippen LogP contribution in [0, 0.1) is 0 Å². The molecule has 0 aliphatic carbocycles. The molecule has 0 spiro atoms. The van der Waals surface area contributed by atoms with Gasteiger partial charge in [-0.05, 0) is 12.1 Å². The van der Waals surface area contributed by atoms with Gasteiger partial charge < -0.3 is 34.3 Å². The van der Waals surface area contributed by atoms with Gasteiger partial charge in [-0.1, -0.05) is 12.1 Å². The van der Waals surface area contributed by atoms with Crippen LogP contribution in [-0.2, 0) is 19.3 Å². The van der Waals surface area contributed by atoms with Gasteiger partial charge in [0, 0.05) is 17.1 Å². The van der Waals surface area contributed by atoms with E-state index in [1.165, 1.54) is 6.20 Å². The van der Waals surface area contributed by atoms with E-state index in [2.05, 4.69) is 9.17 Å². The van der Waals surface area contributed by atoms with Gasteiger partial charge >= 0.3 is 10.4 Å². The van der Waals surface area contributed by atoms with Crippen LogP contribution in [0.25, 0.3) is 10.9 Å². The minimum Gasteiger partial charge on any atom is -0.387 e. The second kappa shape index (κ2) is 6.88. The molecule has 1 fully saturated rings. The van der Waals surface area contributed by atoms with Crippen molar-refractivity contribution >= 4 is 21.3 Å². The average Bonchev–Trinajstić information content (AvgIpc) is 2.97. The summed E-state index contributed by atoms with van der Waals surface area (Å²) in [6, 6.07) is 6.85. The van der Waals surface area contributed by atoms with E-state index >= 15 is 0 Å². The highest BCUT2D eigenvalue weighted by Gasteiger charge is 2.43. The van der Waals surface area contributed by atoms with Gasteiger partial charge in [0.15, 0.2) is 12.0 Å². The third-order valence-electron chi connectivity index (χ3n) is 3.81. The molecule has 11 heteroatoms. The molecule has 1 saturated heterocycles. The Labute approximate surface area is 142 Å². The molecule has 0 amide bonds. The normalized spacial score (nSPS) is 30.5. The van der Waals surface area contributed by atoms with Gasteiger partial charge in [-0.2, -0.15) is 8.42 Å². The van der Waals surface area contributed by atoms with E-state index in [4.69, 9.17) is 8.92 Å². The zero-order valence-electron chi connectivity index (χ0n) is 12.7. The van der Waals surface area contributed by atoms with Crippen LogP contribution >= 0.6 is 0 Å². The summed E-state index contributed by atoms with van der Waals surface area (Å²) in [5.74, 6) is 0.0243. The number of aromatic nitrogens is 1. The monoisotopic (exact) mass is 375 g/mol. The molecule has 25 heavy (non-hydrogen) atoms. The summed E-state index contributed by atoms with van der Waals surface area (Å²) in [4.78, 5) is 2.84. The van der Waals surface area contributed by atoms with Crippen LogP contribution < -0.4 is 4.18 Å². The molecule has 2 aromatic rings. The van der Waals surface area contributed by atoms with Crippen molar-refractivity contribution in [3.05, 3.63) is 30.5 Å². The average molecular weight is 375 g/mol. The van der Waals surface area contributed by atoms with Crippen LogP contribution in [0.1, 0.15) is 0 Å². The number of benzene rings is 1. The van der Waals surface area contributed by atoms with Gasteiger partial charge in [-0.15, -0.1) is 0 Å². The van der Waals surface area contributed by atoms with Crippen molar-refractivity contribution in [2.45, 2.75) is 30.7 Å². The third kappa shape index (κ3) is 3.77. The van der Waals surface area contributed by atoms with Gasteiger partial charge in [0.2, 0.25) is 0 Å². The summed E-state index contributed by atoms with van der Waals surface area (Å²) in [6.45, 7) is -0.729. The molecule has 0 radical (unpaired) electrons. The Morgan fingerprint density at radius 1 is 1.08 bits per heavy atom. The summed E-state index contributed by atoms with van der Waals surface area (Å²) in [5.41, 5.74) is 0.666. The van der Waals surface area contributed by atoms with Gasteiger partial charge in [-0.3, -0.25) is 0 Å². The minimum atomic E-state index is -4.50. The predicted octanol–water partition coefficient (Wildman–Crippen LogP) is -1.39. The quantitative estimate of drug-likeness (QED) is 0.424. The molecule has 1 aliphatic heterocycles. The number of H-pyrrole nitrogens is 1. The number of hydrogen-bond donors (Lipinski definition) is 5. The lowest BCUT2D eigenvalue weighted by atomic mass is 10.00. The van der Waals surface area contributed by atoms with Crippen LogP contribution in [-0.4, -0.2) is 71.1 Å². The van der Waals surface area contributed by atoms with E-state index in [0.29, 0.717) is 10.9 Å². The maximum absolute atomic E-state index is 11.9. The molecule has 2 heterocycles. The molecular weight excluding hydrogens is 358 g/mol. The first-order valence-corrected chi connectivity index (χ1v) is 8.64. The van der Waals surface area contributed by atoms with Gasteiger partial charge in [0.1, 0.15) is 24.4 Å². The van der Waals surface area contributed by atoms with Gasteiger partial charge in [-0.25, -0.2) is 4.18 Å².